The maximum Gasteiger partial charge on any atom is 0.139 e. The molecule has 0 aliphatic rings. The van der Waals surface area contributed by atoms with Crippen molar-refractivity contribution in [1.29, 1.82) is 0 Å². The second kappa shape index (κ2) is 14.0. The van der Waals surface area contributed by atoms with Crippen LogP contribution in [0.15, 0.2) is 221 Å². The van der Waals surface area contributed by atoms with Crippen molar-refractivity contribution in [1.82, 2.24) is 0 Å². The van der Waals surface area contributed by atoms with E-state index >= 15 is 0 Å². The lowest BCUT2D eigenvalue weighted by Crippen LogP contribution is -2.06. The van der Waals surface area contributed by atoms with Crippen molar-refractivity contribution < 1.29 is 8.83 Å². The van der Waals surface area contributed by atoms with Gasteiger partial charge in [0.05, 0.1) is 0 Å². The number of hydrogen-bond acceptors (Lipinski definition) is 2. The Kier molecular flexibility index (Phi) is 8.02. The van der Waals surface area contributed by atoms with Gasteiger partial charge in [0.2, 0.25) is 0 Å². The van der Waals surface area contributed by atoms with Crippen LogP contribution in [0.3, 0.4) is 0 Å². The van der Waals surface area contributed by atoms with E-state index in [2.05, 4.69) is 206 Å². The normalized spacial score (nSPS) is 12.3. The minimum atomic E-state index is 0.0419. The van der Waals surface area contributed by atoms with Crippen LogP contribution in [0, 0.1) is 0 Å². The van der Waals surface area contributed by atoms with E-state index in [0.717, 1.165) is 55.9 Å². The number of benzene rings is 10. The van der Waals surface area contributed by atoms with Crippen LogP contribution in [0.5, 0.6) is 0 Å². The zero-order valence-electron chi connectivity index (χ0n) is 32.8. The summed E-state index contributed by atoms with van der Waals surface area (Å²) in [4.78, 5) is 0. The van der Waals surface area contributed by atoms with Crippen LogP contribution >= 0.6 is 0 Å². The first-order valence-corrected chi connectivity index (χ1v) is 20.7. The molecule has 0 N–H and O–H groups in total. The highest BCUT2D eigenvalue weighted by Gasteiger charge is 2.23. The molecule has 2 aromatic heterocycles. The van der Waals surface area contributed by atoms with Gasteiger partial charge in [-0.25, -0.2) is 0 Å². The summed E-state index contributed by atoms with van der Waals surface area (Å²) in [5.41, 5.74) is 14.5. The second-order valence-corrected chi connectivity index (χ2v) is 16.0. The lowest BCUT2D eigenvalue weighted by Gasteiger charge is -2.19. The van der Waals surface area contributed by atoms with Crippen LogP contribution in [-0.4, -0.2) is 0 Å². The molecule has 10 aromatic carbocycles. The Morgan fingerprint density at radius 2 is 0.967 bits per heavy atom. The maximum atomic E-state index is 6.66. The number of hydrogen-bond donors (Lipinski definition) is 0. The quantitative estimate of drug-likeness (QED) is 0.151. The average Bonchev–Trinajstić information content (AvgIpc) is 3.89. The molecule has 1 atom stereocenters. The van der Waals surface area contributed by atoms with E-state index in [1.54, 1.807) is 0 Å². The van der Waals surface area contributed by atoms with Gasteiger partial charge in [-0.3, -0.25) is 0 Å². The van der Waals surface area contributed by atoms with Crippen LogP contribution in [0.25, 0.3) is 98.8 Å². The van der Waals surface area contributed by atoms with Gasteiger partial charge < -0.3 is 8.83 Å². The van der Waals surface area contributed by atoms with Crippen molar-refractivity contribution >= 4 is 65.4 Å². The fourth-order valence-corrected chi connectivity index (χ4v) is 9.48. The van der Waals surface area contributed by atoms with Crippen LogP contribution in [-0.2, 0) is 6.42 Å². The predicted molar refractivity (Wildman–Crippen MR) is 251 cm³/mol. The summed E-state index contributed by atoms with van der Waals surface area (Å²) in [5, 5.41) is 9.52. The Balaban J connectivity index is 0.953. The topological polar surface area (TPSA) is 26.3 Å². The highest BCUT2D eigenvalue weighted by Crippen LogP contribution is 2.42. The molecule has 12 rings (SSSR count). The van der Waals surface area contributed by atoms with Crippen LogP contribution in [0.1, 0.15) is 22.6 Å². The number of furan rings is 2. The smallest absolute Gasteiger partial charge is 0.139 e. The minimum absolute atomic E-state index is 0.0419. The van der Waals surface area contributed by atoms with Gasteiger partial charge in [-0.05, 0) is 115 Å². The number of para-hydroxylation sites is 2. The van der Waals surface area contributed by atoms with Crippen molar-refractivity contribution in [2.24, 2.45) is 0 Å². The second-order valence-electron chi connectivity index (χ2n) is 16.0. The van der Waals surface area contributed by atoms with Gasteiger partial charge in [-0.1, -0.05) is 170 Å². The van der Waals surface area contributed by atoms with Crippen molar-refractivity contribution in [3.8, 4) is 33.4 Å². The lowest BCUT2D eigenvalue weighted by atomic mass is 9.84. The molecule has 0 fully saturated rings. The molecule has 0 spiro atoms. The summed E-state index contributed by atoms with van der Waals surface area (Å²) in [6.45, 7) is 0. The summed E-state index contributed by atoms with van der Waals surface area (Å²) < 4.78 is 13.3. The molecule has 2 heterocycles. The van der Waals surface area contributed by atoms with E-state index in [9.17, 15) is 0 Å². The van der Waals surface area contributed by atoms with E-state index < -0.39 is 0 Å². The summed E-state index contributed by atoms with van der Waals surface area (Å²) in [7, 11) is 0. The maximum absolute atomic E-state index is 6.66. The first kappa shape index (κ1) is 34.4. The molecule has 0 saturated carbocycles. The highest BCUT2D eigenvalue weighted by molar-refractivity contribution is 6.15. The Labute approximate surface area is 347 Å². The summed E-state index contributed by atoms with van der Waals surface area (Å²) in [5.74, 6) is 0.0419. The SMILES string of the molecule is c1ccc(-c2ccc(CC(c3ccc4oc5cc(-c6ccc7cc(-c8ccccc8)c8ccccc8c7c6)ccc5c4c3)c3cccc4c3oc3ccccc34)cc2)cc1. The van der Waals surface area contributed by atoms with E-state index in [-0.39, 0.29) is 5.92 Å². The van der Waals surface area contributed by atoms with Crippen molar-refractivity contribution in [2.45, 2.75) is 12.3 Å². The summed E-state index contributed by atoms with van der Waals surface area (Å²) in [6.07, 6.45) is 0.820. The first-order chi connectivity index (χ1) is 29.7. The predicted octanol–water partition coefficient (Wildman–Crippen LogP) is 16.2. The molecule has 0 amide bonds. The molecule has 12 aromatic rings. The first-order valence-electron chi connectivity index (χ1n) is 20.7. The highest BCUT2D eigenvalue weighted by atomic mass is 16.3. The van der Waals surface area contributed by atoms with E-state index in [0.29, 0.717) is 0 Å². The largest absolute Gasteiger partial charge is 0.456 e. The monoisotopic (exact) mass is 766 g/mol. The third-order valence-corrected chi connectivity index (χ3v) is 12.5. The van der Waals surface area contributed by atoms with Crippen molar-refractivity contribution in [3.63, 3.8) is 0 Å². The van der Waals surface area contributed by atoms with E-state index in [1.807, 2.05) is 6.07 Å². The third-order valence-electron chi connectivity index (χ3n) is 12.5. The molecular formula is C58H38O2. The van der Waals surface area contributed by atoms with Gasteiger partial charge in [0, 0.05) is 33.0 Å². The Hall–Kier alpha value is -7.68. The van der Waals surface area contributed by atoms with Crippen LogP contribution in [0.2, 0.25) is 0 Å². The minimum Gasteiger partial charge on any atom is -0.456 e. The Morgan fingerprint density at radius 1 is 0.333 bits per heavy atom. The molecule has 0 saturated heterocycles. The standard InChI is InChI=1S/C58H38O2/c1-3-12-38(13-4-1)39-24-22-37(23-25-39)32-51(50-20-11-19-49-47-18-9-10-21-55(47)60-58(49)50)44-29-31-56-54(35-44)48-30-28-42(36-57(48)59-56)41-26-27-43-34-52(40-14-5-2-6-15-40)45-16-7-8-17-46(45)53(43)33-41/h1-31,33-36,51H,32H2. The zero-order chi connectivity index (χ0) is 39.6. The van der Waals surface area contributed by atoms with Gasteiger partial charge >= 0.3 is 0 Å². The summed E-state index contributed by atoms with van der Waals surface area (Å²) in [6, 6.07) is 76.6. The Bertz CT molecular complexity index is 3560. The number of rotatable bonds is 7. The molecular weight excluding hydrogens is 729 g/mol. The van der Waals surface area contributed by atoms with Gasteiger partial charge in [0.15, 0.2) is 0 Å². The molecule has 0 aliphatic heterocycles. The average molecular weight is 767 g/mol. The molecule has 282 valence electrons. The van der Waals surface area contributed by atoms with Gasteiger partial charge in [-0.15, -0.1) is 0 Å². The molecule has 0 bridgehead atoms. The van der Waals surface area contributed by atoms with Gasteiger partial charge in [0.25, 0.3) is 0 Å². The number of fused-ring (bicyclic) bond motifs is 9. The summed E-state index contributed by atoms with van der Waals surface area (Å²) >= 11 is 0. The third kappa shape index (κ3) is 5.80. The van der Waals surface area contributed by atoms with Gasteiger partial charge in [0.1, 0.15) is 22.3 Å². The van der Waals surface area contributed by atoms with Crippen molar-refractivity contribution in [2.75, 3.05) is 0 Å². The fourth-order valence-electron chi connectivity index (χ4n) is 9.48. The molecule has 60 heavy (non-hydrogen) atoms. The van der Waals surface area contributed by atoms with Crippen LogP contribution in [0.4, 0.5) is 0 Å². The lowest BCUT2D eigenvalue weighted by molar-refractivity contribution is 0.654. The van der Waals surface area contributed by atoms with Crippen LogP contribution < -0.4 is 0 Å². The molecule has 2 heteroatoms. The fraction of sp³-hybridized carbons (Fsp3) is 0.0345. The molecule has 0 radical (unpaired) electrons. The molecule has 0 aliphatic carbocycles. The molecule has 1 unspecified atom stereocenters. The molecule has 2 nitrogen and oxygen atoms in total. The van der Waals surface area contributed by atoms with Gasteiger partial charge in [-0.2, -0.15) is 0 Å². The zero-order valence-corrected chi connectivity index (χ0v) is 32.8. The van der Waals surface area contributed by atoms with E-state index in [1.165, 1.54) is 66.1 Å². The Morgan fingerprint density at radius 3 is 1.80 bits per heavy atom. The van der Waals surface area contributed by atoms with Crippen molar-refractivity contribution in [3.05, 3.63) is 229 Å². The van der Waals surface area contributed by atoms with E-state index in [4.69, 9.17) is 8.83 Å².